The van der Waals surface area contributed by atoms with Crippen molar-refractivity contribution in [3.8, 4) is 11.5 Å². The highest BCUT2D eigenvalue weighted by atomic mass is 19.1. The highest BCUT2D eigenvalue weighted by molar-refractivity contribution is 5.89. The molecule has 1 aromatic rings. The Balaban J connectivity index is 3.04. The van der Waals surface area contributed by atoms with Gasteiger partial charge in [0.15, 0.2) is 11.5 Å². The zero-order valence-electron chi connectivity index (χ0n) is 6.94. The number of phenolic OH excluding ortho intramolecular Hbond substituents is 2. The quantitative estimate of drug-likeness (QED) is 0.497. The molecule has 5 heteroatoms. The fourth-order valence-corrected chi connectivity index (χ4v) is 0.838. The van der Waals surface area contributed by atoms with Crippen LogP contribution < -0.4 is 0 Å². The molecule has 3 N–H and O–H groups in total. The molecule has 0 aliphatic carbocycles. The normalized spacial score (nSPS) is 11.4. The van der Waals surface area contributed by atoms with Gasteiger partial charge in [-0.3, -0.25) is 0 Å². The molecular formula is C9H7FO4. The molecule has 0 heterocycles. The van der Waals surface area contributed by atoms with Gasteiger partial charge in [-0.1, -0.05) is 6.07 Å². The number of phenols is 2. The van der Waals surface area contributed by atoms with Crippen LogP contribution in [-0.4, -0.2) is 21.3 Å². The van der Waals surface area contributed by atoms with Crippen LogP contribution in [0.15, 0.2) is 24.0 Å². The molecule has 0 atom stereocenters. The van der Waals surface area contributed by atoms with Crippen molar-refractivity contribution in [3.05, 3.63) is 29.6 Å². The van der Waals surface area contributed by atoms with Crippen LogP contribution in [0.3, 0.4) is 0 Å². The molecule has 0 amide bonds. The van der Waals surface area contributed by atoms with Crippen molar-refractivity contribution >= 4 is 12.0 Å². The minimum Gasteiger partial charge on any atom is -0.504 e. The maximum absolute atomic E-state index is 12.6. The number of halogens is 1. The standard InChI is InChI=1S/C9H7FO4/c10-6(9(13)14)3-5-1-2-7(11)8(12)4-5/h1-4,11-12H,(H,13,14). The molecule has 0 saturated heterocycles. The third-order valence-corrected chi connectivity index (χ3v) is 1.50. The van der Waals surface area contributed by atoms with E-state index in [-0.39, 0.29) is 11.3 Å². The number of carboxylic acids is 1. The van der Waals surface area contributed by atoms with Crippen LogP contribution in [0, 0.1) is 0 Å². The van der Waals surface area contributed by atoms with Gasteiger partial charge in [-0.25, -0.2) is 4.79 Å². The molecule has 74 valence electrons. The summed E-state index contributed by atoms with van der Waals surface area (Å²) in [5.41, 5.74) is 0.153. The SMILES string of the molecule is O=C(O)C(F)=Cc1ccc(O)c(O)c1. The Hall–Kier alpha value is -2.04. The van der Waals surface area contributed by atoms with Gasteiger partial charge in [0.1, 0.15) is 0 Å². The lowest BCUT2D eigenvalue weighted by Crippen LogP contribution is -1.93. The van der Waals surface area contributed by atoms with Crippen LogP contribution in [0.1, 0.15) is 5.56 Å². The Bertz CT molecular complexity index is 398. The average Bonchev–Trinajstić information content (AvgIpc) is 2.11. The fraction of sp³-hybridized carbons (Fsp3) is 0. The summed E-state index contributed by atoms with van der Waals surface area (Å²) in [6, 6.07) is 3.46. The summed E-state index contributed by atoms with van der Waals surface area (Å²) in [4.78, 5) is 10.1. The van der Waals surface area contributed by atoms with E-state index in [0.717, 1.165) is 18.2 Å². The molecule has 14 heavy (non-hydrogen) atoms. The lowest BCUT2D eigenvalue weighted by atomic mass is 10.2. The van der Waals surface area contributed by atoms with Crippen LogP contribution in [0.4, 0.5) is 4.39 Å². The van der Waals surface area contributed by atoms with E-state index in [2.05, 4.69) is 0 Å². The maximum Gasteiger partial charge on any atom is 0.364 e. The monoisotopic (exact) mass is 198 g/mol. The number of aromatic hydroxyl groups is 2. The number of hydrogen-bond donors (Lipinski definition) is 3. The van der Waals surface area contributed by atoms with E-state index in [1.165, 1.54) is 6.07 Å². The Kier molecular flexibility index (Phi) is 2.71. The Morgan fingerprint density at radius 2 is 1.93 bits per heavy atom. The average molecular weight is 198 g/mol. The van der Waals surface area contributed by atoms with E-state index in [1.54, 1.807) is 0 Å². The third kappa shape index (κ3) is 2.22. The first kappa shape index (κ1) is 10.0. The molecule has 1 rings (SSSR count). The topological polar surface area (TPSA) is 77.8 Å². The lowest BCUT2D eigenvalue weighted by Gasteiger charge is -1.98. The van der Waals surface area contributed by atoms with Gasteiger partial charge in [-0.15, -0.1) is 0 Å². The molecule has 0 unspecified atom stereocenters. The van der Waals surface area contributed by atoms with Gasteiger partial charge < -0.3 is 15.3 Å². The summed E-state index contributed by atoms with van der Waals surface area (Å²) in [5.74, 6) is -3.80. The number of hydrogen-bond acceptors (Lipinski definition) is 3. The first-order valence-electron chi connectivity index (χ1n) is 3.63. The molecule has 0 radical (unpaired) electrons. The smallest absolute Gasteiger partial charge is 0.364 e. The second-order valence-electron chi connectivity index (χ2n) is 2.55. The van der Waals surface area contributed by atoms with Crippen molar-refractivity contribution in [2.24, 2.45) is 0 Å². The Morgan fingerprint density at radius 1 is 1.29 bits per heavy atom. The number of benzene rings is 1. The lowest BCUT2D eigenvalue weighted by molar-refractivity contribution is -0.134. The molecule has 0 bridgehead atoms. The zero-order chi connectivity index (χ0) is 10.7. The van der Waals surface area contributed by atoms with E-state index < -0.39 is 17.5 Å². The summed E-state index contributed by atoms with van der Waals surface area (Å²) in [6.45, 7) is 0. The first-order valence-corrected chi connectivity index (χ1v) is 3.63. The highest BCUT2D eigenvalue weighted by Gasteiger charge is 2.06. The van der Waals surface area contributed by atoms with Crippen LogP contribution >= 0.6 is 0 Å². The van der Waals surface area contributed by atoms with Crippen LogP contribution in [0.5, 0.6) is 11.5 Å². The second kappa shape index (κ2) is 3.78. The van der Waals surface area contributed by atoms with Crippen molar-refractivity contribution in [3.63, 3.8) is 0 Å². The minimum absolute atomic E-state index is 0.153. The Morgan fingerprint density at radius 3 is 2.43 bits per heavy atom. The largest absolute Gasteiger partial charge is 0.504 e. The molecule has 0 aromatic heterocycles. The number of carbonyl (C=O) groups is 1. The molecule has 0 aliphatic rings. The molecular weight excluding hydrogens is 191 g/mol. The summed E-state index contributed by atoms with van der Waals surface area (Å²) >= 11 is 0. The summed E-state index contributed by atoms with van der Waals surface area (Å²) in [7, 11) is 0. The summed E-state index contributed by atoms with van der Waals surface area (Å²) in [6.07, 6.45) is 0.738. The van der Waals surface area contributed by atoms with Crippen LogP contribution in [-0.2, 0) is 4.79 Å². The number of carboxylic acid groups (broad SMARTS) is 1. The van der Waals surface area contributed by atoms with E-state index in [0.29, 0.717) is 0 Å². The fourth-order valence-electron chi connectivity index (χ4n) is 0.838. The van der Waals surface area contributed by atoms with Crippen molar-refractivity contribution in [2.45, 2.75) is 0 Å². The molecule has 4 nitrogen and oxygen atoms in total. The highest BCUT2D eigenvalue weighted by Crippen LogP contribution is 2.25. The minimum atomic E-state index is -1.68. The first-order chi connectivity index (χ1) is 6.50. The van der Waals surface area contributed by atoms with E-state index in [4.69, 9.17) is 15.3 Å². The number of aliphatic carboxylic acids is 1. The van der Waals surface area contributed by atoms with Crippen LogP contribution in [0.25, 0.3) is 6.08 Å². The van der Waals surface area contributed by atoms with Crippen molar-refractivity contribution < 1.29 is 24.5 Å². The predicted molar refractivity (Wildman–Crippen MR) is 46.5 cm³/mol. The van der Waals surface area contributed by atoms with Gasteiger partial charge in [0.25, 0.3) is 0 Å². The van der Waals surface area contributed by atoms with Crippen molar-refractivity contribution in [1.82, 2.24) is 0 Å². The van der Waals surface area contributed by atoms with Gasteiger partial charge in [-0.2, -0.15) is 4.39 Å². The molecule has 0 spiro atoms. The number of rotatable bonds is 2. The van der Waals surface area contributed by atoms with Crippen molar-refractivity contribution in [2.75, 3.05) is 0 Å². The van der Waals surface area contributed by atoms with E-state index in [1.807, 2.05) is 0 Å². The van der Waals surface area contributed by atoms with Gasteiger partial charge in [0.05, 0.1) is 0 Å². The molecule has 0 fully saturated rings. The zero-order valence-corrected chi connectivity index (χ0v) is 6.94. The Labute approximate surface area is 78.5 Å². The maximum atomic E-state index is 12.6. The van der Waals surface area contributed by atoms with Gasteiger partial charge in [0.2, 0.25) is 5.83 Å². The van der Waals surface area contributed by atoms with E-state index >= 15 is 0 Å². The molecule has 1 aromatic carbocycles. The van der Waals surface area contributed by atoms with Crippen molar-refractivity contribution in [1.29, 1.82) is 0 Å². The molecule has 0 saturated carbocycles. The van der Waals surface area contributed by atoms with Gasteiger partial charge in [0, 0.05) is 0 Å². The van der Waals surface area contributed by atoms with Crippen LogP contribution in [0.2, 0.25) is 0 Å². The predicted octanol–water partition coefficient (Wildman–Crippen LogP) is 1.49. The third-order valence-electron chi connectivity index (χ3n) is 1.50. The van der Waals surface area contributed by atoms with E-state index in [9.17, 15) is 9.18 Å². The second-order valence-corrected chi connectivity index (χ2v) is 2.55. The van der Waals surface area contributed by atoms with Gasteiger partial charge in [-0.05, 0) is 23.8 Å². The molecule has 0 aliphatic heterocycles. The summed E-state index contributed by atoms with van der Waals surface area (Å²) < 4.78 is 12.6. The summed E-state index contributed by atoms with van der Waals surface area (Å²) in [5, 5.41) is 26.1. The van der Waals surface area contributed by atoms with Gasteiger partial charge >= 0.3 is 5.97 Å².